The number of carbonyl (C=O) groups is 2. The van der Waals surface area contributed by atoms with Gasteiger partial charge in [-0.2, -0.15) is 0 Å². The second kappa shape index (κ2) is 5.43. The molecule has 104 valence electrons. The maximum absolute atomic E-state index is 11.9. The van der Waals surface area contributed by atoms with Gasteiger partial charge in [0.05, 0.1) is 19.1 Å². The summed E-state index contributed by atoms with van der Waals surface area (Å²) in [5, 5.41) is 2.45. The average Bonchev–Trinajstić information content (AvgIpc) is 2.79. The Morgan fingerprint density at radius 2 is 2.00 bits per heavy atom. The van der Waals surface area contributed by atoms with Gasteiger partial charge in [0.2, 0.25) is 11.8 Å². The van der Waals surface area contributed by atoms with Crippen molar-refractivity contribution in [2.45, 2.75) is 25.7 Å². The van der Waals surface area contributed by atoms with Gasteiger partial charge in [0.1, 0.15) is 18.8 Å². The van der Waals surface area contributed by atoms with Crippen LogP contribution in [-0.4, -0.2) is 38.1 Å². The highest BCUT2D eigenvalue weighted by Gasteiger charge is 2.42. The van der Waals surface area contributed by atoms with Crippen molar-refractivity contribution in [3.05, 3.63) is 11.8 Å². The van der Waals surface area contributed by atoms with Crippen LogP contribution < -0.4 is 10.2 Å². The van der Waals surface area contributed by atoms with E-state index in [-0.39, 0.29) is 23.7 Å². The van der Waals surface area contributed by atoms with E-state index in [1.807, 2.05) is 0 Å². The minimum atomic E-state index is -0.144. The van der Waals surface area contributed by atoms with Crippen molar-refractivity contribution in [1.29, 1.82) is 0 Å². The van der Waals surface area contributed by atoms with Crippen LogP contribution in [0.15, 0.2) is 11.8 Å². The summed E-state index contributed by atoms with van der Waals surface area (Å²) in [6, 6.07) is 0. The molecule has 0 bridgehead atoms. The van der Waals surface area contributed by atoms with Crippen molar-refractivity contribution in [2.75, 3.05) is 26.3 Å². The third-order valence-electron chi connectivity index (χ3n) is 4.48. The van der Waals surface area contributed by atoms with Crippen LogP contribution >= 0.6 is 0 Å². The van der Waals surface area contributed by atoms with E-state index in [1.54, 1.807) is 0 Å². The lowest BCUT2D eigenvalue weighted by Crippen LogP contribution is -3.13. The first-order valence-electron chi connectivity index (χ1n) is 7.22. The Kier molecular flexibility index (Phi) is 3.66. The van der Waals surface area contributed by atoms with Crippen molar-refractivity contribution in [1.82, 2.24) is 5.32 Å². The Balaban J connectivity index is 1.78. The summed E-state index contributed by atoms with van der Waals surface area (Å²) in [5.74, 6) is -0.0879. The minimum absolute atomic E-state index is 0.0736. The first-order chi connectivity index (χ1) is 9.25. The molecular weight excluding hydrogens is 244 g/mol. The van der Waals surface area contributed by atoms with Crippen molar-refractivity contribution in [3.63, 3.8) is 0 Å². The van der Waals surface area contributed by atoms with Crippen LogP contribution in [0.3, 0.4) is 0 Å². The zero-order chi connectivity index (χ0) is 13.2. The number of quaternary nitrogens is 1. The van der Waals surface area contributed by atoms with Gasteiger partial charge in [-0.1, -0.05) is 0 Å². The largest absolute Gasteiger partial charge is 0.370 e. The highest BCUT2D eigenvalue weighted by atomic mass is 16.5. The van der Waals surface area contributed by atoms with Crippen LogP contribution in [0.4, 0.5) is 0 Å². The summed E-state index contributed by atoms with van der Waals surface area (Å²) in [4.78, 5) is 24.8. The summed E-state index contributed by atoms with van der Waals surface area (Å²) < 4.78 is 5.41. The van der Waals surface area contributed by atoms with Gasteiger partial charge in [0.15, 0.2) is 0 Å². The zero-order valence-corrected chi connectivity index (χ0v) is 11.1. The molecule has 2 fully saturated rings. The summed E-state index contributed by atoms with van der Waals surface area (Å²) in [6.45, 7) is 3.53. The normalized spacial score (nSPS) is 33.2. The third kappa shape index (κ3) is 2.58. The van der Waals surface area contributed by atoms with E-state index in [0.29, 0.717) is 6.42 Å². The second-order valence-corrected chi connectivity index (χ2v) is 5.64. The molecule has 0 aromatic heterocycles. The molecule has 0 spiro atoms. The standard InChI is InChI=1S/C14H20N2O3/c17-13-9-11(14(18)15-13)10-3-1-2-4-12(10)16-5-7-19-8-6-16/h4,10-11H,1-3,5-9H2,(H,15,17,18)/p+1/t10-,11-/m1/s1. The number of nitrogens with one attached hydrogen (secondary N) is 2. The Morgan fingerprint density at radius 3 is 2.68 bits per heavy atom. The van der Waals surface area contributed by atoms with E-state index in [4.69, 9.17) is 4.74 Å². The number of allylic oxidation sites excluding steroid dienone is 2. The number of amides is 2. The molecule has 0 aromatic carbocycles. The molecule has 3 rings (SSSR count). The summed E-state index contributed by atoms with van der Waals surface area (Å²) >= 11 is 0. The Bertz CT molecular complexity index is 413. The quantitative estimate of drug-likeness (QED) is 0.646. The van der Waals surface area contributed by atoms with Crippen molar-refractivity contribution < 1.29 is 19.2 Å². The van der Waals surface area contributed by atoms with E-state index in [0.717, 1.165) is 45.6 Å². The summed E-state index contributed by atoms with van der Waals surface area (Å²) in [7, 11) is 0. The fourth-order valence-corrected chi connectivity index (χ4v) is 3.53. The van der Waals surface area contributed by atoms with Crippen LogP contribution in [0.5, 0.6) is 0 Å². The number of imide groups is 1. The van der Waals surface area contributed by atoms with Crippen LogP contribution in [-0.2, 0) is 14.3 Å². The maximum Gasteiger partial charge on any atom is 0.231 e. The van der Waals surface area contributed by atoms with Crippen molar-refractivity contribution in [2.24, 2.45) is 11.8 Å². The predicted molar refractivity (Wildman–Crippen MR) is 68.2 cm³/mol. The molecule has 3 aliphatic rings. The second-order valence-electron chi connectivity index (χ2n) is 5.64. The number of ether oxygens (including phenoxy) is 1. The molecule has 2 amide bonds. The number of hydrogen-bond acceptors (Lipinski definition) is 3. The topological polar surface area (TPSA) is 59.8 Å². The van der Waals surface area contributed by atoms with Gasteiger partial charge in [-0.15, -0.1) is 0 Å². The Morgan fingerprint density at radius 1 is 1.21 bits per heavy atom. The van der Waals surface area contributed by atoms with Gasteiger partial charge in [-0.25, -0.2) is 0 Å². The fraction of sp³-hybridized carbons (Fsp3) is 0.714. The fourth-order valence-electron chi connectivity index (χ4n) is 3.53. The highest BCUT2D eigenvalue weighted by Crippen LogP contribution is 2.32. The molecule has 2 atom stereocenters. The monoisotopic (exact) mass is 265 g/mol. The van der Waals surface area contributed by atoms with Crippen LogP contribution in [0.25, 0.3) is 0 Å². The third-order valence-corrected chi connectivity index (χ3v) is 4.48. The SMILES string of the molecule is O=C1C[C@H]([C@H]2CCCC=C2[NH+]2CCOCC2)C(=O)N1. The van der Waals surface area contributed by atoms with Gasteiger partial charge < -0.3 is 9.64 Å². The summed E-state index contributed by atoms with van der Waals surface area (Å²) in [6.07, 6.45) is 5.91. The van der Waals surface area contributed by atoms with Crippen LogP contribution in [0.1, 0.15) is 25.7 Å². The van der Waals surface area contributed by atoms with E-state index in [9.17, 15) is 9.59 Å². The molecule has 1 aliphatic carbocycles. The zero-order valence-electron chi connectivity index (χ0n) is 11.1. The highest BCUT2D eigenvalue weighted by molar-refractivity contribution is 6.03. The van der Waals surface area contributed by atoms with Gasteiger partial charge in [0, 0.05) is 12.3 Å². The van der Waals surface area contributed by atoms with E-state index in [1.165, 1.54) is 10.6 Å². The van der Waals surface area contributed by atoms with E-state index in [2.05, 4.69) is 11.4 Å². The maximum atomic E-state index is 11.9. The molecule has 0 unspecified atom stereocenters. The van der Waals surface area contributed by atoms with Crippen LogP contribution in [0, 0.1) is 11.8 Å². The predicted octanol–water partition coefficient (Wildman–Crippen LogP) is -0.752. The Labute approximate surface area is 113 Å². The molecule has 0 radical (unpaired) electrons. The molecular formula is C14H21N2O3+. The molecule has 2 aliphatic heterocycles. The Hall–Kier alpha value is -1.20. The van der Waals surface area contributed by atoms with Gasteiger partial charge in [-0.3, -0.25) is 14.9 Å². The lowest BCUT2D eigenvalue weighted by atomic mass is 9.80. The summed E-state index contributed by atoms with van der Waals surface area (Å²) in [5.41, 5.74) is 1.35. The smallest absolute Gasteiger partial charge is 0.231 e. The molecule has 2 saturated heterocycles. The first-order valence-corrected chi connectivity index (χ1v) is 7.22. The molecule has 0 aromatic rings. The van der Waals surface area contributed by atoms with Gasteiger partial charge in [0.25, 0.3) is 0 Å². The molecule has 2 heterocycles. The number of carbonyl (C=O) groups excluding carboxylic acids is 2. The van der Waals surface area contributed by atoms with E-state index >= 15 is 0 Å². The number of rotatable bonds is 2. The molecule has 5 heteroatoms. The number of hydrogen-bond donors (Lipinski definition) is 2. The average molecular weight is 265 g/mol. The van der Waals surface area contributed by atoms with Crippen molar-refractivity contribution in [3.8, 4) is 0 Å². The molecule has 2 N–H and O–H groups in total. The first kappa shape index (κ1) is 12.8. The van der Waals surface area contributed by atoms with Gasteiger partial charge >= 0.3 is 0 Å². The molecule has 5 nitrogen and oxygen atoms in total. The van der Waals surface area contributed by atoms with Crippen molar-refractivity contribution >= 4 is 11.8 Å². The number of morpholine rings is 1. The lowest BCUT2D eigenvalue weighted by Gasteiger charge is -2.33. The minimum Gasteiger partial charge on any atom is -0.370 e. The molecule has 0 saturated carbocycles. The van der Waals surface area contributed by atoms with Crippen LogP contribution in [0.2, 0.25) is 0 Å². The molecule has 19 heavy (non-hydrogen) atoms. The van der Waals surface area contributed by atoms with Gasteiger partial charge in [-0.05, 0) is 25.3 Å². The van der Waals surface area contributed by atoms with E-state index < -0.39 is 0 Å². The lowest BCUT2D eigenvalue weighted by molar-refractivity contribution is -0.874.